The van der Waals surface area contributed by atoms with E-state index in [-0.39, 0.29) is 0 Å². The number of quaternary nitrogens is 1. The first kappa shape index (κ1) is 8.79. The van der Waals surface area contributed by atoms with Crippen molar-refractivity contribution in [3.63, 3.8) is 0 Å². The highest BCUT2D eigenvalue weighted by Crippen LogP contribution is 2.24. The van der Waals surface area contributed by atoms with E-state index in [1.54, 1.807) is 0 Å². The molecule has 11 heavy (non-hydrogen) atoms. The minimum Gasteiger partial charge on any atom is -0.337 e. The molecule has 0 amide bonds. The molecule has 1 rings (SSSR count). The molecular formula is C10H20N+. The molecule has 0 atom stereocenters. The van der Waals surface area contributed by atoms with Crippen molar-refractivity contribution in [3.05, 3.63) is 12.2 Å². The van der Waals surface area contributed by atoms with Crippen molar-refractivity contribution in [2.24, 2.45) is 0 Å². The van der Waals surface area contributed by atoms with Gasteiger partial charge in [-0.1, -0.05) is 12.2 Å². The van der Waals surface area contributed by atoms with Crippen LogP contribution in [0, 0.1) is 0 Å². The summed E-state index contributed by atoms with van der Waals surface area (Å²) < 4.78 is 0. The number of nitrogens with two attached hydrogens (primary N) is 1. The zero-order valence-electron chi connectivity index (χ0n) is 8.20. The zero-order chi connectivity index (χ0) is 8.70. The molecule has 0 unspecified atom stereocenters. The van der Waals surface area contributed by atoms with E-state index < -0.39 is 0 Å². The highest BCUT2D eigenvalue weighted by molar-refractivity contribution is 5.05. The van der Waals surface area contributed by atoms with Gasteiger partial charge >= 0.3 is 0 Å². The second-order valence-corrected chi connectivity index (χ2v) is 5.23. The first-order valence-electron chi connectivity index (χ1n) is 4.35. The van der Waals surface area contributed by atoms with Crippen molar-refractivity contribution < 1.29 is 5.32 Å². The van der Waals surface area contributed by atoms with Crippen LogP contribution in [0.4, 0.5) is 0 Å². The lowest BCUT2D eigenvalue weighted by atomic mass is 9.80. The van der Waals surface area contributed by atoms with Gasteiger partial charge in [-0.3, -0.25) is 0 Å². The summed E-state index contributed by atoms with van der Waals surface area (Å²) >= 11 is 0. The summed E-state index contributed by atoms with van der Waals surface area (Å²) in [4.78, 5) is 0. The summed E-state index contributed by atoms with van der Waals surface area (Å²) in [6, 6.07) is 0. The second kappa shape index (κ2) is 2.34. The smallest absolute Gasteiger partial charge is 0.0945 e. The fourth-order valence-electron chi connectivity index (χ4n) is 2.51. The number of rotatable bonds is 0. The monoisotopic (exact) mass is 154 g/mol. The zero-order valence-corrected chi connectivity index (χ0v) is 8.20. The van der Waals surface area contributed by atoms with Gasteiger partial charge < -0.3 is 5.32 Å². The number of hydrogen-bond acceptors (Lipinski definition) is 0. The predicted octanol–water partition coefficient (Wildman–Crippen LogP) is 1.46. The van der Waals surface area contributed by atoms with E-state index in [1.165, 1.54) is 5.57 Å². The van der Waals surface area contributed by atoms with Crippen LogP contribution in [0.5, 0.6) is 0 Å². The Bertz CT molecular complexity index is 159. The Kier molecular flexibility index (Phi) is 1.87. The Labute approximate surface area is 69.9 Å². The summed E-state index contributed by atoms with van der Waals surface area (Å²) in [5.41, 5.74) is 2.12. The minimum atomic E-state index is 0.360. The molecule has 0 bridgehead atoms. The molecule has 64 valence electrons. The largest absolute Gasteiger partial charge is 0.337 e. The maximum atomic E-state index is 4.09. The molecule has 1 aliphatic rings. The molecule has 2 N–H and O–H groups in total. The number of hydrogen-bond donors (Lipinski definition) is 1. The van der Waals surface area contributed by atoms with Gasteiger partial charge in [-0.05, 0) is 27.7 Å². The van der Waals surface area contributed by atoms with Crippen molar-refractivity contribution in [3.8, 4) is 0 Å². The van der Waals surface area contributed by atoms with E-state index >= 15 is 0 Å². The maximum absolute atomic E-state index is 4.09. The van der Waals surface area contributed by atoms with Crippen LogP contribution in [0.15, 0.2) is 12.2 Å². The molecule has 1 fully saturated rings. The molecule has 1 heterocycles. The first-order valence-corrected chi connectivity index (χ1v) is 4.35. The van der Waals surface area contributed by atoms with Gasteiger partial charge in [0.1, 0.15) is 0 Å². The third kappa shape index (κ3) is 2.33. The normalized spacial score (nSPS) is 28.5. The Morgan fingerprint density at radius 2 is 1.45 bits per heavy atom. The SMILES string of the molecule is C=C1CC(C)(C)[NH2+]C(C)(C)C1. The molecule has 0 aromatic rings. The van der Waals surface area contributed by atoms with E-state index in [0.29, 0.717) is 11.1 Å². The Hall–Kier alpha value is -0.300. The molecule has 0 radical (unpaired) electrons. The van der Waals surface area contributed by atoms with E-state index in [9.17, 15) is 0 Å². The first-order chi connectivity index (χ1) is 4.81. The van der Waals surface area contributed by atoms with Gasteiger partial charge in [0.25, 0.3) is 0 Å². The molecule has 1 heteroatoms. The Balaban J connectivity index is 2.74. The standard InChI is InChI=1S/C10H19N/c1-8-6-9(2,3)11-10(4,5)7-8/h11H,1,6-7H2,2-5H3/p+1. The van der Waals surface area contributed by atoms with Gasteiger partial charge in [0, 0.05) is 12.8 Å². The van der Waals surface area contributed by atoms with Crippen molar-refractivity contribution >= 4 is 0 Å². The predicted molar refractivity (Wildman–Crippen MR) is 48.5 cm³/mol. The maximum Gasteiger partial charge on any atom is 0.0945 e. The van der Waals surface area contributed by atoms with Crippen LogP contribution in [-0.4, -0.2) is 11.1 Å². The van der Waals surface area contributed by atoms with Crippen molar-refractivity contribution in [2.45, 2.75) is 51.6 Å². The number of piperidine rings is 1. The fraction of sp³-hybridized carbons (Fsp3) is 0.800. The van der Waals surface area contributed by atoms with Crippen LogP contribution in [0.2, 0.25) is 0 Å². The molecule has 0 saturated carbocycles. The summed E-state index contributed by atoms with van der Waals surface area (Å²) in [5, 5.41) is 2.47. The lowest BCUT2D eigenvalue weighted by Crippen LogP contribution is -3.05. The van der Waals surface area contributed by atoms with E-state index in [2.05, 4.69) is 39.6 Å². The molecule has 0 spiro atoms. The molecule has 0 aromatic heterocycles. The van der Waals surface area contributed by atoms with E-state index in [4.69, 9.17) is 0 Å². The van der Waals surface area contributed by atoms with Gasteiger partial charge in [0.05, 0.1) is 11.1 Å². The molecule has 1 aliphatic heterocycles. The van der Waals surface area contributed by atoms with E-state index in [0.717, 1.165) is 12.8 Å². The van der Waals surface area contributed by atoms with Crippen LogP contribution in [0.25, 0.3) is 0 Å². The molecule has 0 aliphatic carbocycles. The summed E-state index contributed by atoms with van der Waals surface area (Å²) in [6.45, 7) is 13.2. The van der Waals surface area contributed by atoms with Crippen LogP contribution in [0.1, 0.15) is 40.5 Å². The highest BCUT2D eigenvalue weighted by Gasteiger charge is 2.37. The highest BCUT2D eigenvalue weighted by atomic mass is 15.0. The lowest BCUT2D eigenvalue weighted by Gasteiger charge is -2.39. The van der Waals surface area contributed by atoms with Gasteiger partial charge in [0.15, 0.2) is 0 Å². The third-order valence-electron chi connectivity index (χ3n) is 2.19. The lowest BCUT2D eigenvalue weighted by molar-refractivity contribution is -0.783. The average molecular weight is 154 g/mol. The Morgan fingerprint density at radius 3 is 1.73 bits per heavy atom. The average Bonchev–Trinajstić information content (AvgIpc) is 1.49. The van der Waals surface area contributed by atoms with Crippen LogP contribution in [0.3, 0.4) is 0 Å². The van der Waals surface area contributed by atoms with Gasteiger partial charge in [-0.2, -0.15) is 0 Å². The fourth-order valence-corrected chi connectivity index (χ4v) is 2.51. The summed E-state index contributed by atoms with van der Waals surface area (Å²) in [7, 11) is 0. The van der Waals surface area contributed by atoms with Crippen molar-refractivity contribution in [2.75, 3.05) is 0 Å². The van der Waals surface area contributed by atoms with Gasteiger partial charge in [-0.15, -0.1) is 0 Å². The third-order valence-corrected chi connectivity index (χ3v) is 2.19. The van der Waals surface area contributed by atoms with Crippen LogP contribution >= 0.6 is 0 Å². The minimum absolute atomic E-state index is 0.360. The van der Waals surface area contributed by atoms with Crippen molar-refractivity contribution in [1.29, 1.82) is 0 Å². The quantitative estimate of drug-likeness (QED) is 0.509. The summed E-state index contributed by atoms with van der Waals surface area (Å²) in [5.74, 6) is 0. The molecule has 1 saturated heterocycles. The van der Waals surface area contributed by atoms with Crippen molar-refractivity contribution in [1.82, 2.24) is 0 Å². The Morgan fingerprint density at radius 1 is 1.09 bits per heavy atom. The second-order valence-electron chi connectivity index (χ2n) is 5.23. The van der Waals surface area contributed by atoms with Crippen LogP contribution < -0.4 is 5.32 Å². The van der Waals surface area contributed by atoms with Gasteiger partial charge in [-0.25, -0.2) is 0 Å². The summed E-state index contributed by atoms with van der Waals surface area (Å²) in [6.07, 6.45) is 2.33. The molecular weight excluding hydrogens is 134 g/mol. The topological polar surface area (TPSA) is 16.6 Å². The van der Waals surface area contributed by atoms with Crippen LogP contribution in [-0.2, 0) is 0 Å². The van der Waals surface area contributed by atoms with Gasteiger partial charge in [0.2, 0.25) is 0 Å². The molecule has 0 aromatic carbocycles. The van der Waals surface area contributed by atoms with E-state index in [1.807, 2.05) is 0 Å². The molecule has 1 nitrogen and oxygen atoms in total.